The van der Waals surface area contributed by atoms with E-state index in [1.807, 2.05) is 24.3 Å². The molecule has 1 aromatic heterocycles. The summed E-state index contributed by atoms with van der Waals surface area (Å²) in [7, 11) is 0. The summed E-state index contributed by atoms with van der Waals surface area (Å²) in [4.78, 5) is 47.5. The van der Waals surface area contributed by atoms with Crippen molar-refractivity contribution in [1.29, 1.82) is 0 Å². The van der Waals surface area contributed by atoms with Gasteiger partial charge in [0.2, 0.25) is 5.91 Å². The van der Waals surface area contributed by atoms with E-state index in [4.69, 9.17) is 44.0 Å². The second kappa shape index (κ2) is 14.7. The third kappa shape index (κ3) is 11.2. The van der Waals surface area contributed by atoms with Crippen molar-refractivity contribution < 1.29 is 23.9 Å². The summed E-state index contributed by atoms with van der Waals surface area (Å²) in [5.41, 5.74) is 22.5. The van der Waals surface area contributed by atoms with Crippen molar-refractivity contribution in [3.8, 4) is 5.75 Å². The lowest BCUT2D eigenvalue weighted by Crippen LogP contribution is -2.47. The molecular formula is C25H36ClN9O5. The molecule has 0 spiro atoms. The molecular weight excluding hydrogens is 542 g/mol. The Hall–Kier alpha value is -4.33. The number of nitrogens with two attached hydrogens (primary N) is 4. The fourth-order valence-electron chi connectivity index (χ4n) is 3.25. The molecule has 0 aliphatic carbocycles. The number of aromatic nitrogens is 2. The number of halogens is 1. The number of primary amides is 1. The van der Waals surface area contributed by atoms with Crippen molar-refractivity contribution in [1.82, 2.24) is 20.6 Å². The molecule has 1 aromatic carbocycles. The van der Waals surface area contributed by atoms with Gasteiger partial charge >= 0.3 is 6.09 Å². The van der Waals surface area contributed by atoms with Gasteiger partial charge in [0, 0.05) is 13.0 Å². The van der Waals surface area contributed by atoms with E-state index in [-0.39, 0.29) is 41.5 Å². The van der Waals surface area contributed by atoms with Crippen LogP contribution in [0.1, 0.15) is 56.1 Å². The maximum absolute atomic E-state index is 12.3. The Bertz CT molecular complexity index is 1220. The van der Waals surface area contributed by atoms with Crippen LogP contribution < -0.4 is 38.3 Å². The lowest BCUT2D eigenvalue weighted by Gasteiger charge is -2.22. The van der Waals surface area contributed by atoms with Gasteiger partial charge < -0.3 is 37.7 Å². The van der Waals surface area contributed by atoms with Gasteiger partial charge in [-0.2, -0.15) is 0 Å². The number of anilines is 2. The number of aryl methyl sites for hydroxylation is 1. The van der Waals surface area contributed by atoms with Gasteiger partial charge in [-0.3, -0.25) is 19.9 Å². The maximum atomic E-state index is 12.3. The molecule has 1 unspecified atom stereocenters. The molecule has 0 saturated carbocycles. The Morgan fingerprint density at radius 1 is 1.05 bits per heavy atom. The van der Waals surface area contributed by atoms with E-state index in [2.05, 4.69) is 25.6 Å². The Kier molecular flexibility index (Phi) is 11.7. The molecule has 0 fully saturated rings. The van der Waals surface area contributed by atoms with Crippen LogP contribution >= 0.6 is 11.6 Å². The second-order valence-corrected chi connectivity index (χ2v) is 10.1. The number of benzene rings is 1. The quantitative estimate of drug-likeness (QED) is 0.121. The molecule has 2 aromatic rings. The number of nitrogens with one attached hydrogen (secondary N) is 2. The van der Waals surface area contributed by atoms with E-state index in [9.17, 15) is 14.4 Å². The summed E-state index contributed by atoms with van der Waals surface area (Å²) < 4.78 is 10.8. The van der Waals surface area contributed by atoms with Crippen molar-refractivity contribution >= 4 is 47.1 Å². The maximum Gasteiger partial charge on any atom is 0.408 e. The van der Waals surface area contributed by atoms with Crippen LogP contribution in [0.15, 0.2) is 29.3 Å². The SMILES string of the molecule is CC(C)(C)OC(=O)NC(CCOc1ccc(CCCCN=C(N)NC(=O)c2nc(Cl)c(N)nc2N)cc1)C(N)=O. The third-order valence-corrected chi connectivity index (χ3v) is 5.43. The summed E-state index contributed by atoms with van der Waals surface area (Å²) in [6.07, 6.45) is 1.82. The van der Waals surface area contributed by atoms with E-state index >= 15 is 0 Å². The van der Waals surface area contributed by atoms with Crippen molar-refractivity contribution in [2.24, 2.45) is 16.5 Å². The first-order valence-corrected chi connectivity index (χ1v) is 12.8. The van der Waals surface area contributed by atoms with Gasteiger partial charge in [-0.15, -0.1) is 0 Å². The number of nitrogen functional groups attached to an aromatic ring is 2. The second-order valence-electron chi connectivity index (χ2n) is 9.69. The molecule has 14 nitrogen and oxygen atoms in total. The number of aliphatic imine (C=N–C) groups is 1. The van der Waals surface area contributed by atoms with Gasteiger partial charge in [-0.1, -0.05) is 23.7 Å². The van der Waals surface area contributed by atoms with Crippen LogP contribution in [-0.4, -0.2) is 58.6 Å². The van der Waals surface area contributed by atoms with E-state index < -0.39 is 29.6 Å². The van der Waals surface area contributed by atoms with Crippen LogP contribution in [0, 0.1) is 0 Å². The van der Waals surface area contributed by atoms with Gasteiger partial charge in [0.25, 0.3) is 5.91 Å². The van der Waals surface area contributed by atoms with Gasteiger partial charge in [-0.25, -0.2) is 14.8 Å². The summed E-state index contributed by atoms with van der Waals surface area (Å²) >= 11 is 5.78. The van der Waals surface area contributed by atoms with Crippen LogP contribution in [0.3, 0.4) is 0 Å². The number of ether oxygens (including phenoxy) is 2. The van der Waals surface area contributed by atoms with Gasteiger partial charge in [0.05, 0.1) is 6.61 Å². The monoisotopic (exact) mass is 577 g/mol. The first-order chi connectivity index (χ1) is 18.7. The van der Waals surface area contributed by atoms with E-state index in [0.29, 0.717) is 12.3 Å². The number of carbonyl (C=O) groups is 3. The number of hydrogen-bond donors (Lipinski definition) is 6. The average Bonchev–Trinajstić information content (AvgIpc) is 2.85. The number of nitrogens with zero attached hydrogens (tertiary/aromatic N) is 3. The highest BCUT2D eigenvalue weighted by Gasteiger charge is 2.22. The molecule has 218 valence electrons. The molecule has 0 radical (unpaired) electrons. The largest absolute Gasteiger partial charge is 0.494 e. The highest BCUT2D eigenvalue weighted by molar-refractivity contribution is 6.31. The first-order valence-electron chi connectivity index (χ1n) is 12.5. The minimum atomic E-state index is -0.915. The molecule has 1 atom stereocenters. The van der Waals surface area contributed by atoms with Crippen LogP contribution in [0.2, 0.25) is 5.15 Å². The van der Waals surface area contributed by atoms with Gasteiger partial charge in [-0.05, 0) is 57.7 Å². The molecule has 0 aliphatic heterocycles. The highest BCUT2D eigenvalue weighted by atomic mass is 35.5. The van der Waals surface area contributed by atoms with Gasteiger partial charge in [0.1, 0.15) is 17.4 Å². The smallest absolute Gasteiger partial charge is 0.408 e. The predicted octanol–water partition coefficient (Wildman–Crippen LogP) is 1.51. The Morgan fingerprint density at radius 2 is 1.73 bits per heavy atom. The minimum Gasteiger partial charge on any atom is -0.494 e. The average molecular weight is 578 g/mol. The number of rotatable bonds is 12. The molecule has 1 heterocycles. The number of alkyl carbamates (subject to hydrolysis) is 1. The number of hydrogen-bond acceptors (Lipinski definition) is 10. The van der Waals surface area contributed by atoms with Crippen molar-refractivity contribution in [2.75, 3.05) is 24.6 Å². The summed E-state index contributed by atoms with van der Waals surface area (Å²) in [6.45, 7) is 5.73. The minimum absolute atomic E-state index is 0.0810. The summed E-state index contributed by atoms with van der Waals surface area (Å²) in [6, 6.07) is 6.59. The zero-order chi connectivity index (χ0) is 29.9. The molecule has 0 aliphatic rings. The van der Waals surface area contributed by atoms with E-state index in [0.717, 1.165) is 24.8 Å². The zero-order valence-electron chi connectivity index (χ0n) is 22.7. The molecule has 10 N–H and O–H groups in total. The van der Waals surface area contributed by atoms with Crippen LogP contribution in [0.4, 0.5) is 16.4 Å². The van der Waals surface area contributed by atoms with Crippen LogP contribution in [-0.2, 0) is 16.0 Å². The fourth-order valence-corrected chi connectivity index (χ4v) is 3.37. The third-order valence-electron chi connectivity index (χ3n) is 5.15. The zero-order valence-corrected chi connectivity index (χ0v) is 23.5. The topological polar surface area (TPSA) is 236 Å². The Labute approximate surface area is 237 Å². The fraction of sp³-hybridized carbons (Fsp3) is 0.440. The molecule has 0 saturated heterocycles. The number of amides is 3. The molecule has 0 bridgehead atoms. The molecule has 2 rings (SSSR count). The predicted molar refractivity (Wildman–Crippen MR) is 152 cm³/mol. The lowest BCUT2D eigenvalue weighted by molar-refractivity contribution is -0.120. The first kappa shape index (κ1) is 31.9. The summed E-state index contributed by atoms with van der Waals surface area (Å²) in [5.74, 6) is -1.09. The van der Waals surface area contributed by atoms with Crippen molar-refractivity contribution in [3.63, 3.8) is 0 Å². The number of guanidine groups is 1. The molecule has 3 amide bonds. The van der Waals surface area contributed by atoms with Crippen molar-refractivity contribution in [3.05, 3.63) is 40.7 Å². The number of carbonyl (C=O) groups excluding carboxylic acids is 3. The van der Waals surface area contributed by atoms with Crippen LogP contribution in [0.25, 0.3) is 0 Å². The normalized spacial score (nSPS) is 12.3. The van der Waals surface area contributed by atoms with Gasteiger partial charge in [0.15, 0.2) is 28.4 Å². The van der Waals surface area contributed by atoms with Crippen molar-refractivity contribution in [2.45, 2.75) is 58.1 Å². The van der Waals surface area contributed by atoms with E-state index in [1.54, 1.807) is 20.8 Å². The standard InChI is InChI=1S/C25H36ClN9O5/c1-25(2,3)40-24(38)32-16(21(29)36)11-13-39-15-9-7-14(8-10-15)6-4-5-12-31-23(30)35-22(37)17-19(27)34-20(28)18(26)33-17/h7-10,16H,4-6,11-13H2,1-3H3,(H2,29,36)(H,32,38)(H4,27,28,34)(H3,30,31,35,37). The number of unbranched alkanes of at least 4 members (excludes halogenated alkanes) is 1. The highest BCUT2D eigenvalue weighted by Crippen LogP contribution is 2.17. The Morgan fingerprint density at radius 3 is 2.35 bits per heavy atom. The Balaban J connectivity index is 1.71. The van der Waals surface area contributed by atoms with E-state index in [1.165, 1.54) is 0 Å². The molecule has 40 heavy (non-hydrogen) atoms. The lowest BCUT2D eigenvalue weighted by atomic mass is 10.1. The summed E-state index contributed by atoms with van der Waals surface area (Å²) in [5, 5.41) is 4.71. The van der Waals surface area contributed by atoms with Crippen LogP contribution in [0.5, 0.6) is 5.75 Å². The molecule has 15 heteroatoms.